The number of halogens is 2. The average Bonchev–Trinajstić information content (AvgIpc) is 3.69. The van der Waals surface area contributed by atoms with Crippen LogP contribution in [0.4, 0.5) is 11.4 Å². The Morgan fingerprint density at radius 1 is 0.907 bits per heavy atom. The second-order valence-corrected chi connectivity index (χ2v) is 12.4. The van der Waals surface area contributed by atoms with Crippen LogP contribution < -0.4 is 19.7 Å². The maximum absolute atomic E-state index is 14.9. The van der Waals surface area contributed by atoms with Gasteiger partial charge < -0.3 is 19.7 Å². The Hall–Kier alpha value is -4.40. The van der Waals surface area contributed by atoms with Gasteiger partial charge in [0.15, 0.2) is 23.1 Å². The molecule has 8 rings (SSSR count). The van der Waals surface area contributed by atoms with Crippen molar-refractivity contribution >= 4 is 62.5 Å². The molecule has 9 heteroatoms. The van der Waals surface area contributed by atoms with Gasteiger partial charge in [-0.2, -0.15) is 0 Å². The monoisotopic (exact) mass is 652 g/mol. The van der Waals surface area contributed by atoms with E-state index in [1.54, 1.807) is 48.5 Å². The molecule has 4 aliphatic rings. The number of nitrogens with zero attached hydrogens (tertiary/aromatic N) is 1. The number of ketones is 2. The summed E-state index contributed by atoms with van der Waals surface area (Å²) in [6.07, 6.45) is 3.83. The van der Waals surface area contributed by atoms with Crippen LogP contribution >= 0.6 is 27.5 Å². The first-order chi connectivity index (χ1) is 20.9. The van der Waals surface area contributed by atoms with E-state index in [4.69, 9.17) is 21.1 Å². The normalized spacial score (nSPS) is 24.0. The number of carbonyl (C=O) groups excluding carboxylic acids is 3. The first-order valence-electron chi connectivity index (χ1n) is 13.8. The largest absolute Gasteiger partial charge is 0.454 e. The fraction of sp³-hybridized carbons (Fsp3) is 0.147. The topological polar surface area (TPSA) is 84.9 Å². The smallest absolute Gasteiger partial charge is 0.238 e. The Morgan fingerprint density at radius 2 is 1.67 bits per heavy atom. The van der Waals surface area contributed by atoms with Crippen LogP contribution in [0.3, 0.4) is 0 Å². The lowest BCUT2D eigenvalue weighted by Gasteiger charge is -2.37. The molecule has 1 N–H and O–H groups in total. The zero-order valence-corrected chi connectivity index (χ0v) is 24.8. The Morgan fingerprint density at radius 3 is 2.51 bits per heavy atom. The van der Waals surface area contributed by atoms with Gasteiger partial charge in [-0.05, 0) is 65.7 Å². The van der Waals surface area contributed by atoms with Crippen LogP contribution in [0.25, 0.3) is 6.08 Å². The summed E-state index contributed by atoms with van der Waals surface area (Å²) in [5.74, 6) is -0.861. The first-order valence-corrected chi connectivity index (χ1v) is 15.0. The van der Waals surface area contributed by atoms with Crippen LogP contribution in [0.5, 0.6) is 11.5 Å². The van der Waals surface area contributed by atoms with Crippen molar-refractivity contribution in [3.63, 3.8) is 0 Å². The zero-order chi connectivity index (χ0) is 29.5. The summed E-state index contributed by atoms with van der Waals surface area (Å²) in [5.41, 5.74) is 1.99. The lowest BCUT2D eigenvalue weighted by molar-refractivity contribution is -0.121. The molecule has 43 heavy (non-hydrogen) atoms. The van der Waals surface area contributed by atoms with Crippen LogP contribution in [0, 0.1) is 5.92 Å². The van der Waals surface area contributed by atoms with Gasteiger partial charge in [0.25, 0.3) is 0 Å². The number of ether oxygens (including phenoxy) is 2. The highest BCUT2D eigenvalue weighted by molar-refractivity contribution is 9.10. The molecule has 4 atom stereocenters. The maximum Gasteiger partial charge on any atom is 0.238 e. The number of hydrogen-bond acceptors (Lipinski definition) is 6. The van der Waals surface area contributed by atoms with Gasteiger partial charge in [-0.25, -0.2) is 0 Å². The molecule has 4 aromatic carbocycles. The fourth-order valence-corrected chi connectivity index (χ4v) is 7.61. The van der Waals surface area contributed by atoms with E-state index in [1.807, 2.05) is 53.5 Å². The number of benzene rings is 4. The van der Waals surface area contributed by atoms with Gasteiger partial charge >= 0.3 is 0 Å². The summed E-state index contributed by atoms with van der Waals surface area (Å²) in [6, 6.07) is 23.2. The van der Waals surface area contributed by atoms with E-state index >= 15 is 0 Å². The number of carbonyl (C=O) groups is 3. The third-order valence-corrected chi connectivity index (χ3v) is 9.68. The molecule has 1 unspecified atom stereocenters. The summed E-state index contributed by atoms with van der Waals surface area (Å²) >= 11 is 9.84. The van der Waals surface area contributed by atoms with Gasteiger partial charge in [-0.1, -0.05) is 70.0 Å². The molecule has 1 amide bonds. The molecule has 0 radical (unpaired) electrons. The van der Waals surface area contributed by atoms with E-state index in [9.17, 15) is 14.4 Å². The van der Waals surface area contributed by atoms with Crippen molar-refractivity contribution in [1.29, 1.82) is 0 Å². The molecule has 4 aliphatic heterocycles. The molecule has 7 nitrogen and oxygen atoms in total. The minimum Gasteiger partial charge on any atom is -0.454 e. The standard InChI is InChI=1S/C34H22BrClN2O5/c35-21-9-5-18(6-10-21)31(40)32-34(23-3-1-2-4-24(23)37-33(34)41)29(30(39)20-8-14-27-28(16-20)43-17-42-27)26-12-7-19-15-22(36)11-13-25(19)38(26)32/h1-16,26,29,32H,17H2,(H,37,41)/t26?,29-,32+,34+/m0/s1. The number of para-hydroxylation sites is 1. The van der Waals surface area contributed by atoms with E-state index in [0.717, 1.165) is 15.7 Å². The van der Waals surface area contributed by atoms with E-state index in [1.165, 1.54) is 0 Å². The van der Waals surface area contributed by atoms with Crippen LogP contribution in [0.15, 0.2) is 95.5 Å². The van der Waals surface area contributed by atoms with Crippen molar-refractivity contribution < 1.29 is 23.9 Å². The van der Waals surface area contributed by atoms with Gasteiger partial charge in [0.05, 0.1) is 12.0 Å². The minimum atomic E-state index is -1.55. The van der Waals surface area contributed by atoms with Crippen LogP contribution in [0.1, 0.15) is 31.8 Å². The molecule has 1 saturated heterocycles. The summed E-state index contributed by atoms with van der Waals surface area (Å²) in [4.78, 5) is 46.2. The Balaban J connectivity index is 1.41. The van der Waals surface area contributed by atoms with Gasteiger partial charge in [0.2, 0.25) is 12.7 Å². The molecule has 0 aromatic heterocycles. The van der Waals surface area contributed by atoms with Crippen molar-refractivity contribution in [2.75, 3.05) is 17.0 Å². The molecular formula is C34H22BrClN2O5. The maximum atomic E-state index is 14.9. The van der Waals surface area contributed by atoms with Crippen LogP contribution in [-0.4, -0.2) is 36.4 Å². The SMILES string of the molecule is O=C(c1ccc2c(c1)OCO2)[C@@H]1C2C=Cc3cc(Cl)ccc3N2[C@H](C(=O)c2ccc(Br)cc2)[C@]12C(=O)Nc1ccccc12. The fourth-order valence-electron chi connectivity index (χ4n) is 7.17. The number of rotatable bonds is 4. The van der Waals surface area contributed by atoms with Crippen LogP contribution in [0.2, 0.25) is 5.02 Å². The summed E-state index contributed by atoms with van der Waals surface area (Å²) in [5, 5.41) is 3.57. The summed E-state index contributed by atoms with van der Waals surface area (Å²) in [7, 11) is 0. The number of hydrogen-bond donors (Lipinski definition) is 1. The Kier molecular flexibility index (Phi) is 5.83. The summed E-state index contributed by atoms with van der Waals surface area (Å²) < 4.78 is 11.9. The molecule has 0 aliphatic carbocycles. The van der Waals surface area contributed by atoms with E-state index < -0.39 is 23.4 Å². The predicted molar refractivity (Wildman–Crippen MR) is 166 cm³/mol. The van der Waals surface area contributed by atoms with Crippen molar-refractivity contribution in [2.24, 2.45) is 5.92 Å². The number of Topliss-reactive ketones (excluding diaryl/α,β-unsaturated/α-hetero) is 2. The predicted octanol–water partition coefficient (Wildman–Crippen LogP) is 6.69. The second-order valence-electron chi connectivity index (χ2n) is 11.0. The molecule has 1 fully saturated rings. The molecule has 4 heterocycles. The van der Waals surface area contributed by atoms with Crippen LogP contribution in [-0.2, 0) is 10.2 Å². The van der Waals surface area contributed by atoms with Gasteiger partial charge in [0, 0.05) is 32.0 Å². The van der Waals surface area contributed by atoms with Crippen molar-refractivity contribution in [1.82, 2.24) is 0 Å². The average molecular weight is 654 g/mol. The van der Waals surface area contributed by atoms with E-state index in [2.05, 4.69) is 21.2 Å². The Labute approximate surface area is 260 Å². The highest BCUT2D eigenvalue weighted by Crippen LogP contribution is 2.58. The third kappa shape index (κ3) is 3.69. The lowest BCUT2D eigenvalue weighted by atomic mass is 9.63. The van der Waals surface area contributed by atoms with E-state index in [0.29, 0.717) is 38.9 Å². The first kappa shape index (κ1) is 26.2. The molecule has 212 valence electrons. The van der Waals surface area contributed by atoms with Gasteiger partial charge in [-0.15, -0.1) is 0 Å². The summed E-state index contributed by atoms with van der Waals surface area (Å²) in [6.45, 7) is 0.0678. The van der Waals surface area contributed by atoms with Crippen molar-refractivity contribution in [3.05, 3.63) is 123 Å². The molecule has 4 aromatic rings. The molecule has 0 saturated carbocycles. The number of anilines is 2. The Bertz CT molecular complexity index is 1910. The second kappa shape index (κ2) is 9.56. The zero-order valence-electron chi connectivity index (χ0n) is 22.4. The molecular weight excluding hydrogens is 632 g/mol. The highest BCUT2D eigenvalue weighted by atomic mass is 79.9. The third-order valence-electron chi connectivity index (χ3n) is 8.92. The van der Waals surface area contributed by atoms with E-state index in [-0.39, 0.29) is 24.3 Å². The lowest BCUT2D eigenvalue weighted by Crippen LogP contribution is -2.55. The van der Waals surface area contributed by atoms with Gasteiger partial charge in [-0.3, -0.25) is 14.4 Å². The van der Waals surface area contributed by atoms with Crippen molar-refractivity contribution in [3.8, 4) is 11.5 Å². The van der Waals surface area contributed by atoms with Crippen molar-refractivity contribution in [2.45, 2.75) is 17.5 Å². The quantitative estimate of drug-likeness (QED) is 0.247. The van der Waals surface area contributed by atoms with Gasteiger partial charge in [0.1, 0.15) is 11.5 Å². The highest BCUT2D eigenvalue weighted by Gasteiger charge is 2.71. The molecule has 0 bridgehead atoms. The molecule has 1 spiro atoms. The number of nitrogens with one attached hydrogen (secondary N) is 1. The number of fused-ring (bicyclic) bond motifs is 6. The number of amides is 1. The minimum absolute atomic E-state index is 0.0678.